The predicted molar refractivity (Wildman–Crippen MR) is 48.8 cm³/mol. The third-order valence-corrected chi connectivity index (χ3v) is 3.53. The highest BCUT2D eigenvalue weighted by atomic mass is 16.1. The van der Waals surface area contributed by atoms with Gasteiger partial charge in [0.1, 0.15) is 6.29 Å². The first kappa shape index (κ1) is 8.03. The van der Waals surface area contributed by atoms with Crippen LogP contribution in [0.1, 0.15) is 32.1 Å². The Labute approximate surface area is 73.8 Å². The van der Waals surface area contributed by atoms with E-state index in [4.69, 9.17) is 0 Å². The molecule has 3 atom stereocenters. The van der Waals surface area contributed by atoms with Gasteiger partial charge in [-0.3, -0.25) is 0 Å². The first-order chi connectivity index (χ1) is 5.81. The lowest BCUT2D eigenvalue weighted by molar-refractivity contribution is -0.108. The lowest BCUT2D eigenvalue weighted by Crippen LogP contribution is -2.22. The zero-order valence-electron chi connectivity index (χ0n) is 7.46. The van der Waals surface area contributed by atoms with E-state index in [2.05, 4.69) is 6.58 Å². The van der Waals surface area contributed by atoms with E-state index in [1.54, 1.807) is 0 Å². The Morgan fingerprint density at radius 1 is 1.50 bits per heavy atom. The Morgan fingerprint density at radius 2 is 2.33 bits per heavy atom. The second-order valence-corrected chi connectivity index (χ2v) is 4.31. The Morgan fingerprint density at radius 3 is 2.92 bits per heavy atom. The van der Waals surface area contributed by atoms with Gasteiger partial charge in [0.25, 0.3) is 0 Å². The maximum Gasteiger partial charge on any atom is 0.120 e. The number of allylic oxidation sites excluding steroid dienone is 1. The Balaban J connectivity index is 1.82. The molecule has 2 aliphatic carbocycles. The molecular formula is C11H16O. The topological polar surface area (TPSA) is 17.1 Å². The van der Waals surface area contributed by atoms with Crippen molar-refractivity contribution in [2.45, 2.75) is 32.1 Å². The molecule has 0 spiro atoms. The van der Waals surface area contributed by atoms with Crippen LogP contribution in [-0.4, -0.2) is 6.29 Å². The Kier molecular flexibility index (Phi) is 2.03. The first-order valence-electron chi connectivity index (χ1n) is 4.92. The fraction of sp³-hybridized carbons (Fsp3) is 0.727. The van der Waals surface area contributed by atoms with Gasteiger partial charge < -0.3 is 4.79 Å². The van der Waals surface area contributed by atoms with Gasteiger partial charge in [-0.05, 0) is 43.4 Å². The quantitative estimate of drug-likeness (QED) is 0.463. The van der Waals surface area contributed by atoms with Crippen LogP contribution in [0.15, 0.2) is 12.2 Å². The number of rotatable bonds is 3. The average Bonchev–Trinajstić information content (AvgIpc) is 2.39. The van der Waals surface area contributed by atoms with Crippen LogP contribution in [0.5, 0.6) is 0 Å². The molecule has 12 heavy (non-hydrogen) atoms. The molecule has 0 aliphatic heterocycles. The normalized spacial score (nSPS) is 39.0. The second kappa shape index (κ2) is 3.04. The summed E-state index contributed by atoms with van der Waals surface area (Å²) in [6, 6.07) is 0. The molecule has 2 fully saturated rings. The lowest BCUT2D eigenvalue weighted by atomic mass is 9.72. The van der Waals surface area contributed by atoms with Crippen LogP contribution in [-0.2, 0) is 4.79 Å². The van der Waals surface area contributed by atoms with Crippen molar-refractivity contribution in [2.24, 2.45) is 17.8 Å². The van der Waals surface area contributed by atoms with Crippen LogP contribution in [0.2, 0.25) is 0 Å². The highest BCUT2D eigenvalue weighted by Gasteiger charge is 2.42. The van der Waals surface area contributed by atoms with Crippen molar-refractivity contribution >= 4 is 6.29 Å². The van der Waals surface area contributed by atoms with Gasteiger partial charge >= 0.3 is 0 Å². The van der Waals surface area contributed by atoms with Crippen molar-refractivity contribution in [3.63, 3.8) is 0 Å². The van der Waals surface area contributed by atoms with Crippen molar-refractivity contribution in [3.05, 3.63) is 12.2 Å². The molecule has 0 bridgehead atoms. The SMILES string of the molecule is C=C1CC2CC(CCC=O)CC12. The summed E-state index contributed by atoms with van der Waals surface area (Å²) in [4.78, 5) is 10.2. The summed E-state index contributed by atoms with van der Waals surface area (Å²) in [7, 11) is 0. The van der Waals surface area contributed by atoms with Crippen LogP contribution in [0, 0.1) is 17.8 Å². The molecule has 0 saturated heterocycles. The van der Waals surface area contributed by atoms with Gasteiger partial charge in [0.05, 0.1) is 0 Å². The van der Waals surface area contributed by atoms with E-state index in [0.29, 0.717) is 0 Å². The molecule has 66 valence electrons. The third-order valence-electron chi connectivity index (χ3n) is 3.53. The molecule has 0 aromatic heterocycles. The fourth-order valence-electron chi connectivity index (χ4n) is 2.83. The van der Waals surface area contributed by atoms with E-state index in [9.17, 15) is 4.79 Å². The molecule has 0 heterocycles. The molecule has 1 nitrogen and oxygen atoms in total. The van der Waals surface area contributed by atoms with Gasteiger partial charge in [-0.1, -0.05) is 12.2 Å². The number of aldehydes is 1. The zero-order chi connectivity index (χ0) is 8.55. The van der Waals surface area contributed by atoms with E-state index < -0.39 is 0 Å². The summed E-state index contributed by atoms with van der Waals surface area (Å²) >= 11 is 0. The molecule has 0 radical (unpaired) electrons. The third kappa shape index (κ3) is 1.21. The fourth-order valence-corrected chi connectivity index (χ4v) is 2.83. The highest BCUT2D eigenvalue weighted by molar-refractivity contribution is 5.49. The first-order valence-corrected chi connectivity index (χ1v) is 4.92. The van der Waals surface area contributed by atoms with E-state index >= 15 is 0 Å². The number of hydrogen-bond donors (Lipinski definition) is 0. The summed E-state index contributed by atoms with van der Waals surface area (Å²) in [5.74, 6) is 2.60. The van der Waals surface area contributed by atoms with Gasteiger partial charge in [-0.15, -0.1) is 0 Å². The summed E-state index contributed by atoms with van der Waals surface area (Å²) in [6.07, 6.45) is 6.87. The Hall–Kier alpha value is -0.590. The summed E-state index contributed by atoms with van der Waals surface area (Å²) in [6.45, 7) is 4.05. The summed E-state index contributed by atoms with van der Waals surface area (Å²) in [5, 5.41) is 0. The lowest BCUT2D eigenvalue weighted by Gasteiger charge is -2.33. The van der Waals surface area contributed by atoms with Crippen molar-refractivity contribution in [1.82, 2.24) is 0 Å². The van der Waals surface area contributed by atoms with Gasteiger partial charge in [0.15, 0.2) is 0 Å². The van der Waals surface area contributed by atoms with E-state index in [1.807, 2.05) is 0 Å². The molecule has 0 aromatic rings. The van der Waals surface area contributed by atoms with Crippen LogP contribution in [0.25, 0.3) is 0 Å². The standard InChI is InChI=1S/C11H16O/c1-8-5-10-6-9(3-2-4-12)7-11(8)10/h4,9-11H,1-3,5-7H2. The molecule has 0 N–H and O–H groups in total. The van der Waals surface area contributed by atoms with Gasteiger partial charge in [0.2, 0.25) is 0 Å². The number of carbonyl (C=O) groups excluding carboxylic acids is 1. The molecule has 2 aliphatic rings. The van der Waals surface area contributed by atoms with Gasteiger partial charge in [-0.2, -0.15) is 0 Å². The Bertz CT molecular complexity index is 207. The predicted octanol–water partition coefficient (Wildman–Crippen LogP) is 2.57. The zero-order valence-corrected chi connectivity index (χ0v) is 7.46. The number of carbonyl (C=O) groups is 1. The summed E-state index contributed by atoms with van der Waals surface area (Å²) in [5.41, 5.74) is 1.47. The second-order valence-electron chi connectivity index (χ2n) is 4.31. The van der Waals surface area contributed by atoms with E-state index in [0.717, 1.165) is 36.9 Å². The molecule has 2 saturated carbocycles. The molecular weight excluding hydrogens is 148 g/mol. The molecule has 3 unspecified atom stereocenters. The minimum atomic E-state index is 0.760. The van der Waals surface area contributed by atoms with Crippen LogP contribution in [0.3, 0.4) is 0 Å². The van der Waals surface area contributed by atoms with Crippen molar-refractivity contribution in [1.29, 1.82) is 0 Å². The van der Waals surface area contributed by atoms with Crippen LogP contribution < -0.4 is 0 Å². The van der Waals surface area contributed by atoms with E-state index in [1.165, 1.54) is 24.8 Å². The van der Waals surface area contributed by atoms with Crippen molar-refractivity contribution in [3.8, 4) is 0 Å². The summed E-state index contributed by atoms with van der Waals surface area (Å²) < 4.78 is 0. The number of fused-ring (bicyclic) bond motifs is 1. The van der Waals surface area contributed by atoms with Gasteiger partial charge in [-0.25, -0.2) is 0 Å². The molecule has 0 amide bonds. The minimum Gasteiger partial charge on any atom is -0.303 e. The maximum atomic E-state index is 10.2. The van der Waals surface area contributed by atoms with E-state index in [-0.39, 0.29) is 0 Å². The smallest absolute Gasteiger partial charge is 0.120 e. The van der Waals surface area contributed by atoms with Gasteiger partial charge in [0, 0.05) is 6.42 Å². The monoisotopic (exact) mass is 164 g/mol. The average molecular weight is 164 g/mol. The van der Waals surface area contributed by atoms with Crippen molar-refractivity contribution < 1.29 is 4.79 Å². The highest BCUT2D eigenvalue weighted by Crippen LogP contribution is 2.53. The van der Waals surface area contributed by atoms with Crippen LogP contribution in [0.4, 0.5) is 0 Å². The molecule has 0 aromatic carbocycles. The number of hydrogen-bond acceptors (Lipinski definition) is 1. The molecule has 2 rings (SSSR count). The minimum absolute atomic E-state index is 0.760. The van der Waals surface area contributed by atoms with Crippen LogP contribution >= 0.6 is 0 Å². The van der Waals surface area contributed by atoms with Crippen molar-refractivity contribution in [2.75, 3.05) is 0 Å². The maximum absolute atomic E-state index is 10.2. The molecule has 1 heteroatoms. The largest absolute Gasteiger partial charge is 0.303 e.